The summed E-state index contributed by atoms with van der Waals surface area (Å²) in [5, 5.41) is 5.62. The lowest BCUT2D eigenvalue weighted by Gasteiger charge is -2.21. The Hall–Kier alpha value is -1.97. The van der Waals surface area contributed by atoms with Crippen molar-refractivity contribution in [3.05, 3.63) is 48.0 Å². The summed E-state index contributed by atoms with van der Waals surface area (Å²) in [6.07, 6.45) is 1.67. The largest absolute Gasteiger partial charge is 0.264 e. The molecule has 3 rings (SSSR count). The lowest BCUT2D eigenvalue weighted by molar-refractivity contribution is 0.346. The van der Waals surface area contributed by atoms with Crippen LogP contribution < -0.4 is 0 Å². The van der Waals surface area contributed by atoms with Crippen molar-refractivity contribution >= 4 is 12.6 Å². The Morgan fingerprint density at radius 2 is 2.00 bits per heavy atom. The number of hydrogen-bond donors (Lipinski definition) is 0. The summed E-state index contributed by atoms with van der Waals surface area (Å²) in [5.41, 5.74) is 2.14. The molecule has 0 bridgehead atoms. The molecule has 1 aromatic rings. The van der Waals surface area contributed by atoms with E-state index in [1.165, 1.54) is 12.8 Å². The summed E-state index contributed by atoms with van der Waals surface area (Å²) >= 11 is 0. The third-order valence-corrected chi connectivity index (χ3v) is 4.18. The first-order valence-electron chi connectivity index (χ1n) is 7.37. The molecule has 0 spiro atoms. The molecule has 2 aliphatic rings. The van der Waals surface area contributed by atoms with Gasteiger partial charge in [0.2, 0.25) is 0 Å². The normalized spacial score (nSPS) is 27.1. The van der Waals surface area contributed by atoms with Crippen molar-refractivity contribution in [2.75, 3.05) is 6.54 Å². The Kier molecular flexibility index (Phi) is 3.86. The van der Waals surface area contributed by atoms with Gasteiger partial charge in [0.25, 0.3) is 0 Å². The third-order valence-electron chi connectivity index (χ3n) is 4.18. The molecule has 1 saturated carbocycles. The zero-order valence-electron chi connectivity index (χ0n) is 12.1. The van der Waals surface area contributed by atoms with Gasteiger partial charge in [-0.15, -0.1) is 0 Å². The Morgan fingerprint density at radius 1 is 1.29 bits per heavy atom. The van der Waals surface area contributed by atoms with E-state index in [9.17, 15) is 4.39 Å². The SMILES string of the molecule is C=NN1C(=NCC(=C)C2CC2)C(F)CC1c1ccccc1. The molecule has 2 fully saturated rings. The number of halogens is 1. The second kappa shape index (κ2) is 5.80. The fraction of sp³-hybridized carbons (Fsp3) is 0.412. The zero-order chi connectivity index (χ0) is 14.8. The summed E-state index contributed by atoms with van der Waals surface area (Å²) in [7, 11) is 0. The number of hydrogen-bond acceptors (Lipinski definition) is 2. The molecule has 110 valence electrons. The molecule has 0 aromatic heterocycles. The quantitative estimate of drug-likeness (QED) is 0.598. The Bertz CT molecular complexity index is 563. The highest BCUT2D eigenvalue weighted by molar-refractivity contribution is 5.89. The first-order valence-corrected chi connectivity index (χ1v) is 7.37. The minimum atomic E-state index is -1.09. The first kappa shape index (κ1) is 14.0. The molecule has 1 saturated heterocycles. The van der Waals surface area contributed by atoms with Gasteiger partial charge >= 0.3 is 0 Å². The summed E-state index contributed by atoms with van der Waals surface area (Å²) in [5.74, 6) is 0.976. The molecule has 0 radical (unpaired) electrons. The van der Waals surface area contributed by atoms with Crippen LogP contribution >= 0.6 is 0 Å². The van der Waals surface area contributed by atoms with Crippen LogP contribution in [0.1, 0.15) is 30.9 Å². The molecule has 2 unspecified atom stereocenters. The molecule has 1 heterocycles. The lowest BCUT2D eigenvalue weighted by Crippen LogP contribution is -2.25. The van der Waals surface area contributed by atoms with E-state index < -0.39 is 6.17 Å². The van der Waals surface area contributed by atoms with E-state index in [1.54, 1.807) is 5.01 Å². The van der Waals surface area contributed by atoms with Crippen LogP contribution in [-0.4, -0.2) is 30.3 Å². The average molecular weight is 285 g/mol. The summed E-state index contributed by atoms with van der Waals surface area (Å²) in [4.78, 5) is 4.43. The molecule has 1 aliphatic heterocycles. The zero-order valence-corrected chi connectivity index (χ0v) is 12.1. The number of rotatable bonds is 5. The topological polar surface area (TPSA) is 28.0 Å². The maximum Gasteiger partial charge on any atom is 0.161 e. The number of alkyl halides is 1. The molecule has 1 aromatic carbocycles. The predicted molar refractivity (Wildman–Crippen MR) is 84.3 cm³/mol. The van der Waals surface area contributed by atoms with Crippen LogP contribution in [0.25, 0.3) is 0 Å². The van der Waals surface area contributed by atoms with Gasteiger partial charge < -0.3 is 0 Å². The van der Waals surface area contributed by atoms with Crippen LogP contribution in [-0.2, 0) is 0 Å². The van der Waals surface area contributed by atoms with Gasteiger partial charge in [-0.2, -0.15) is 5.10 Å². The van der Waals surface area contributed by atoms with Crippen LogP contribution in [0.5, 0.6) is 0 Å². The van der Waals surface area contributed by atoms with Crippen molar-refractivity contribution in [1.29, 1.82) is 0 Å². The minimum absolute atomic E-state index is 0.119. The Morgan fingerprint density at radius 3 is 2.62 bits per heavy atom. The summed E-state index contributed by atoms with van der Waals surface area (Å²) in [6.45, 7) is 8.11. The molecule has 0 amide bonds. The third kappa shape index (κ3) is 2.89. The molecule has 0 N–H and O–H groups in total. The van der Waals surface area contributed by atoms with E-state index in [0.29, 0.717) is 24.7 Å². The van der Waals surface area contributed by atoms with E-state index in [1.807, 2.05) is 30.3 Å². The minimum Gasteiger partial charge on any atom is -0.264 e. The van der Waals surface area contributed by atoms with E-state index in [4.69, 9.17) is 0 Å². The fourth-order valence-corrected chi connectivity index (χ4v) is 2.80. The molecule has 4 heteroatoms. The molecular weight excluding hydrogens is 265 g/mol. The molecular formula is C17H20FN3. The van der Waals surface area contributed by atoms with Gasteiger partial charge in [0.15, 0.2) is 12.0 Å². The van der Waals surface area contributed by atoms with Gasteiger partial charge in [0, 0.05) is 13.1 Å². The number of benzene rings is 1. The average Bonchev–Trinajstić information content (AvgIpc) is 3.30. The highest BCUT2D eigenvalue weighted by Crippen LogP contribution is 2.37. The molecule has 3 nitrogen and oxygen atoms in total. The van der Waals surface area contributed by atoms with Crippen LogP contribution in [0.15, 0.2) is 52.6 Å². The fourth-order valence-electron chi connectivity index (χ4n) is 2.80. The maximum atomic E-state index is 14.3. The monoisotopic (exact) mass is 285 g/mol. The number of aliphatic imine (C=N–C) groups is 1. The van der Waals surface area contributed by atoms with Gasteiger partial charge in [-0.25, -0.2) is 9.40 Å². The van der Waals surface area contributed by atoms with Crippen molar-refractivity contribution in [2.45, 2.75) is 31.5 Å². The van der Waals surface area contributed by atoms with Gasteiger partial charge in [0.1, 0.15) is 0 Å². The predicted octanol–water partition coefficient (Wildman–Crippen LogP) is 3.75. The standard InChI is InChI=1S/C17H20FN3/c1-12(13-8-9-13)11-20-17-15(18)10-16(21(17)19-2)14-6-4-3-5-7-14/h3-7,13,15-16H,1-2,8-11H2. The number of amidine groups is 1. The number of nitrogens with zero attached hydrogens (tertiary/aromatic N) is 3. The van der Waals surface area contributed by atoms with E-state index >= 15 is 0 Å². The van der Waals surface area contributed by atoms with Crippen molar-refractivity contribution < 1.29 is 4.39 Å². The van der Waals surface area contributed by atoms with Crippen LogP contribution in [0.4, 0.5) is 4.39 Å². The second-order valence-corrected chi connectivity index (χ2v) is 5.72. The summed E-state index contributed by atoms with van der Waals surface area (Å²) < 4.78 is 14.3. The van der Waals surface area contributed by atoms with E-state index in [-0.39, 0.29) is 6.04 Å². The second-order valence-electron chi connectivity index (χ2n) is 5.72. The highest BCUT2D eigenvalue weighted by atomic mass is 19.1. The lowest BCUT2D eigenvalue weighted by atomic mass is 10.1. The van der Waals surface area contributed by atoms with Gasteiger partial charge in [-0.1, -0.05) is 42.5 Å². The molecule has 1 aliphatic carbocycles. The van der Waals surface area contributed by atoms with Gasteiger partial charge in [-0.3, -0.25) is 4.99 Å². The first-order chi connectivity index (χ1) is 10.2. The maximum absolute atomic E-state index is 14.3. The van der Waals surface area contributed by atoms with Crippen LogP contribution in [0.2, 0.25) is 0 Å². The van der Waals surface area contributed by atoms with Gasteiger partial charge in [-0.05, 0) is 24.3 Å². The van der Waals surface area contributed by atoms with Crippen LogP contribution in [0, 0.1) is 5.92 Å². The van der Waals surface area contributed by atoms with Crippen molar-refractivity contribution in [1.82, 2.24) is 5.01 Å². The van der Waals surface area contributed by atoms with E-state index in [0.717, 1.165) is 11.1 Å². The van der Waals surface area contributed by atoms with Crippen molar-refractivity contribution in [2.24, 2.45) is 16.0 Å². The number of hydrazone groups is 1. The smallest absolute Gasteiger partial charge is 0.161 e. The van der Waals surface area contributed by atoms with E-state index in [2.05, 4.69) is 23.4 Å². The van der Waals surface area contributed by atoms with Gasteiger partial charge in [0.05, 0.1) is 12.6 Å². The molecule has 21 heavy (non-hydrogen) atoms. The van der Waals surface area contributed by atoms with Crippen molar-refractivity contribution in [3.8, 4) is 0 Å². The van der Waals surface area contributed by atoms with Crippen LogP contribution in [0.3, 0.4) is 0 Å². The highest BCUT2D eigenvalue weighted by Gasteiger charge is 2.38. The Labute approximate surface area is 124 Å². The Balaban J connectivity index is 1.79. The molecule has 2 atom stereocenters. The summed E-state index contributed by atoms with van der Waals surface area (Å²) in [6, 6.07) is 9.71. The van der Waals surface area contributed by atoms with Crippen molar-refractivity contribution in [3.63, 3.8) is 0 Å².